The zero-order valence-electron chi connectivity index (χ0n) is 13.9. The summed E-state index contributed by atoms with van der Waals surface area (Å²) >= 11 is 0. The molecule has 0 amide bonds. The van der Waals surface area contributed by atoms with Crippen LogP contribution in [0, 0.1) is 0 Å². The first-order valence-electron chi connectivity index (χ1n) is 8.18. The number of nitrogens with one attached hydrogen (secondary N) is 2. The van der Waals surface area contributed by atoms with E-state index in [0.717, 1.165) is 26.2 Å². The fourth-order valence-electron chi connectivity index (χ4n) is 4.03. The highest BCUT2D eigenvalue weighted by atomic mass is 35.5. The van der Waals surface area contributed by atoms with Gasteiger partial charge in [0, 0.05) is 50.9 Å². The second-order valence-electron chi connectivity index (χ2n) is 6.24. The maximum Gasteiger partial charge on any atom is 0.0496 e. The average molecular weight is 366 g/mol. The molecule has 130 valence electrons. The van der Waals surface area contributed by atoms with Gasteiger partial charge in [0.25, 0.3) is 0 Å². The van der Waals surface area contributed by atoms with Gasteiger partial charge in [0.05, 0.1) is 0 Å². The number of rotatable bonds is 2. The van der Waals surface area contributed by atoms with Crippen LogP contribution in [0.5, 0.6) is 0 Å². The summed E-state index contributed by atoms with van der Waals surface area (Å²) in [6.45, 7) is 4.39. The van der Waals surface area contributed by atoms with Gasteiger partial charge < -0.3 is 10.6 Å². The first-order valence-corrected chi connectivity index (χ1v) is 8.18. The lowest BCUT2D eigenvalue weighted by atomic mass is 9.80. The molecule has 2 aliphatic heterocycles. The minimum absolute atomic E-state index is 0. The number of nitrogens with zero attached hydrogens (tertiary/aromatic N) is 1. The Morgan fingerprint density at radius 1 is 1.04 bits per heavy atom. The van der Waals surface area contributed by atoms with Gasteiger partial charge in [0.15, 0.2) is 0 Å². The lowest BCUT2D eigenvalue weighted by Gasteiger charge is -2.45. The van der Waals surface area contributed by atoms with Crippen LogP contribution in [0.3, 0.4) is 0 Å². The lowest BCUT2D eigenvalue weighted by molar-refractivity contribution is 0.144. The van der Waals surface area contributed by atoms with Gasteiger partial charge in [0.1, 0.15) is 0 Å². The van der Waals surface area contributed by atoms with E-state index < -0.39 is 0 Å². The molecule has 2 aromatic carbocycles. The van der Waals surface area contributed by atoms with Crippen molar-refractivity contribution < 1.29 is 0 Å². The second-order valence-corrected chi connectivity index (χ2v) is 6.24. The molecule has 0 aliphatic carbocycles. The third-order valence-corrected chi connectivity index (χ3v) is 5.09. The monoisotopic (exact) mass is 365 g/mol. The lowest BCUT2D eigenvalue weighted by Crippen LogP contribution is -2.50. The average Bonchev–Trinajstić information content (AvgIpc) is 2.61. The molecule has 2 N–H and O–H groups in total. The van der Waals surface area contributed by atoms with Crippen LogP contribution in [-0.4, -0.2) is 38.1 Å². The van der Waals surface area contributed by atoms with Crippen LogP contribution in [0.1, 0.15) is 28.7 Å². The van der Waals surface area contributed by atoms with Gasteiger partial charge in [0.2, 0.25) is 0 Å². The predicted octanol–water partition coefficient (Wildman–Crippen LogP) is 3.66. The highest BCUT2D eigenvalue weighted by Gasteiger charge is 2.36. The zero-order chi connectivity index (χ0) is 14.9. The van der Waals surface area contributed by atoms with Crippen LogP contribution in [-0.2, 0) is 0 Å². The molecule has 0 radical (unpaired) electrons. The Balaban J connectivity index is 0.00000104. The number of hydrogen-bond acceptors (Lipinski definition) is 3. The van der Waals surface area contributed by atoms with Crippen LogP contribution < -0.4 is 10.6 Å². The summed E-state index contributed by atoms with van der Waals surface area (Å²) < 4.78 is 0. The molecule has 1 fully saturated rings. The van der Waals surface area contributed by atoms with Crippen molar-refractivity contribution in [3.8, 4) is 0 Å². The molecule has 24 heavy (non-hydrogen) atoms. The maximum absolute atomic E-state index is 3.56. The fraction of sp³-hybridized carbons (Fsp3) is 0.368. The maximum atomic E-state index is 3.56. The van der Waals surface area contributed by atoms with Gasteiger partial charge >= 0.3 is 0 Å². The van der Waals surface area contributed by atoms with E-state index >= 15 is 0 Å². The van der Waals surface area contributed by atoms with Gasteiger partial charge in [-0.15, -0.1) is 24.8 Å². The molecule has 2 atom stereocenters. The Morgan fingerprint density at radius 3 is 2.58 bits per heavy atom. The number of anilines is 1. The molecule has 2 unspecified atom stereocenters. The number of benzene rings is 2. The smallest absolute Gasteiger partial charge is 0.0496 e. The second kappa shape index (κ2) is 8.21. The van der Waals surface area contributed by atoms with E-state index in [0.29, 0.717) is 12.0 Å². The van der Waals surface area contributed by atoms with E-state index in [-0.39, 0.29) is 24.8 Å². The minimum Gasteiger partial charge on any atom is -0.388 e. The van der Waals surface area contributed by atoms with Crippen molar-refractivity contribution in [3.63, 3.8) is 0 Å². The van der Waals surface area contributed by atoms with Crippen LogP contribution >= 0.6 is 24.8 Å². The summed E-state index contributed by atoms with van der Waals surface area (Å²) in [6.07, 6.45) is 0. The number of fused-ring (bicyclic) bond motifs is 3. The minimum atomic E-state index is 0. The van der Waals surface area contributed by atoms with E-state index in [9.17, 15) is 0 Å². The molecule has 1 saturated heterocycles. The molecule has 4 rings (SSSR count). The van der Waals surface area contributed by atoms with Crippen LogP contribution in [0.25, 0.3) is 0 Å². The predicted molar refractivity (Wildman–Crippen MR) is 106 cm³/mol. The fourth-order valence-corrected chi connectivity index (χ4v) is 4.03. The van der Waals surface area contributed by atoms with Gasteiger partial charge in [-0.25, -0.2) is 0 Å². The SMILES string of the molecule is CNc1cccc2c1C1CNCCN1CC2c1ccccc1.Cl.Cl. The largest absolute Gasteiger partial charge is 0.388 e. The Hall–Kier alpha value is -1.26. The summed E-state index contributed by atoms with van der Waals surface area (Å²) in [5.41, 5.74) is 5.67. The van der Waals surface area contributed by atoms with Crippen molar-refractivity contribution in [3.05, 3.63) is 65.2 Å². The van der Waals surface area contributed by atoms with Crippen LogP contribution in [0.15, 0.2) is 48.5 Å². The molecule has 2 heterocycles. The molecular weight excluding hydrogens is 341 g/mol. The molecule has 0 aromatic heterocycles. The Bertz CT molecular complexity index is 663. The highest BCUT2D eigenvalue weighted by Crippen LogP contribution is 2.42. The van der Waals surface area contributed by atoms with Crippen LogP contribution in [0.2, 0.25) is 0 Å². The van der Waals surface area contributed by atoms with E-state index in [1.807, 2.05) is 7.05 Å². The number of hydrogen-bond donors (Lipinski definition) is 2. The van der Waals surface area contributed by atoms with Crippen molar-refractivity contribution in [2.24, 2.45) is 0 Å². The first kappa shape index (κ1) is 19.1. The van der Waals surface area contributed by atoms with Crippen molar-refractivity contribution >= 4 is 30.5 Å². The molecule has 2 aromatic rings. The number of halogens is 2. The first-order chi connectivity index (χ1) is 10.9. The molecular formula is C19H25Cl2N3. The third kappa shape index (κ3) is 3.27. The van der Waals surface area contributed by atoms with Gasteiger partial charge in [-0.1, -0.05) is 42.5 Å². The Morgan fingerprint density at radius 2 is 1.83 bits per heavy atom. The summed E-state index contributed by atoms with van der Waals surface area (Å²) in [5, 5.41) is 6.97. The topological polar surface area (TPSA) is 27.3 Å². The molecule has 0 saturated carbocycles. The van der Waals surface area contributed by atoms with E-state index in [1.54, 1.807) is 0 Å². The van der Waals surface area contributed by atoms with Crippen LogP contribution in [0.4, 0.5) is 5.69 Å². The van der Waals surface area contributed by atoms with Crippen molar-refractivity contribution in [1.82, 2.24) is 10.2 Å². The summed E-state index contributed by atoms with van der Waals surface area (Å²) in [5.74, 6) is 0.471. The molecule has 3 nitrogen and oxygen atoms in total. The van der Waals surface area contributed by atoms with E-state index in [4.69, 9.17) is 0 Å². The summed E-state index contributed by atoms with van der Waals surface area (Å²) in [6, 6.07) is 18.1. The van der Waals surface area contributed by atoms with Gasteiger partial charge in [-0.05, 0) is 22.8 Å². The Kier molecular flexibility index (Phi) is 6.53. The summed E-state index contributed by atoms with van der Waals surface area (Å²) in [7, 11) is 2.03. The van der Waals surface area contributed by atoms with Gasteiger partial charge in [-0.2, -0.15) is 0 Å². The van der Waals surface area contributed by atoms with Gasteiger partial charge in [-0.3, -0.25) is 4.90 Å². The Labute approximate surface area is 156 Å². The van der Waals surface area contributed by atoms with Crippen molar-refractivity contribution in [1.29, 1.82) is 0 Å². The summed E-state index contributed by atoms with van der Waals surface area (Å²) in [4.78, 5) is 2.65. The number of piperazine rings is 1. The quantitative estimate of drug-likeness (QED) is 0.850. The highest BCUT2D eigenvalue weighted by molar-refractivity contribution is 5.85. The van der Waals surface area contributed by atoms with E-state index in [2.05, 4.69) is 64.1 Å². The molecule has 0 bridgehead atoms. The van der Waals surface area contributed by atoms with Crippen molar-refractivity contribution in [2.45, 2.75) is 12.0 Å². The van der Waals surface area contributed by atoms with E-state index in [1.165, 1.54) is 22.4 Å². The third-order valence-electron chi connectivity index (χ3n) is 5.09. The zero-order valence-corrected chi connectivity index (χ0v) is 15.5. The normalized spacial score (nSPS) is 22.4. The molecule has 5 heteroatoms. The standard InChI is InChI=1S/C19H23N3.2ClH/c1-20-17-9-5-8-15-16(14-6-3-2-4-7-14)13-22-11-10-21-12-18(22)19(15)17;;/h2-9,16,18,20-21H,10-13H2,1H3;2*1H. The van der Waals surface area contributed by atoms with Crippen molar-refractivity contribution in [2.75, 3.05) is 38.5 Å². The molecule has 0 spiro atoms. The molecule has 2 aliphatic rings.